The van der Waals surface area contributed by atoms with Crippen LogP contribution < -0.4 is 25.3 Å². The van der Waals surface area contributed by atoms with Crippen LogP contribution in [0.1, 0.15) is 52.5 Å². The fraction of sp³-hybridized carbons (Fsp3) is 0.650. The lowest BCUT2D eigenvalue weighted by Crippen LogP contribution is -2.38. The number of nitrogens with one attached hydrogen (secondary N) is 1. The van der Waals surface area contributed by atoms with E-state index in [-0.39, 0.29) is 0 Å². The number of ether oxygens (including phenoxy) is 3. The van der Waals surface area contributed by atoms with Gasteiger partial charge >= 0.3 is 0 Å². The molecule has 0 amide bonds. The van der Waals surface area contributed by atoms with Gasteiger partial charge in [-0.2, -0.15) is 0 Å². The van der Waals surface area contributed by atoms with Crippen molar-refractivity contribution in [3.63, 3.8) is 0 Å². The Labute approximate surface area is 158 Å². The zero-order chi connectivity index (χ0) is 19.5. The zero-order valence-electron chi connectivity index (χ0n) is 17.1. The maximum absolute atomic E-state index is 6.02. The van der Waals surface area contributed by atoms with Crippen molar-refractivity contribution in [1.82, 2.24) is 5.32 Å². The van der Waals surface area contributed by atoms with Crippen molar-refractivity contribution in [2.75, 3.05) is 20.8 Å². The third kappa shape index (κ3) is 7.42. The van der Waals surface area contributed by atoms with E-state index in [4.69, 9.17) is 19.9 Å². The summed E-state index contributed by atoms with van der Waals surface area (Å²) in [5, 5.41) is 3.25. The van der Waals surface area contributed by atoms with Gasteiger partial charge in [-0.15, -0.1) is 0 Å². The number of hydrogen-bond donors (Lipinski definition) is 2. The maximum Gasteiger partial charge on any atom is 0.203 e. The lowest BCUT2D eigenvalue weighted by Gasteiger charge is -2.16. The fourth-order valence-electron chi connectivity index (χ4n) is 2.69. The number of guanidine groups is 1. The van der Waals surface area contributed by atoms with E-state index in [1.54, 1.807) is 14.2 Å². The minimum Gasteiger partial charge on any atom is -0.493 e. The van der Waals surface area contributed by atoms with Crippen LogP contribution >= 0.6 is 0 Å². The molecule has 1 atom stereocenters. The average Bonchev–Trinajstić information content (AvgIpc) is 2.60. The third-order valence-corrected chi connectivity index (χ3v) is 4.05. The van der Waals surface area contributed by atoms with Crippen LogP contribution in [0.3, 0.4) is 0 Å². The zero-order valence-corrected chi connectivity index (χ0v) is 17.1. The number of aliphatic imine (C=N–C) groups is 1. The molecule has 6 nitrogen and oxygen atoms in total. The molecule has 148 valence electrons. The third-order valence-electron chi connectivity index (χ3n) is 4.05. The SMILES string of the molecule is CCOc1c(OC)cc(CN=C(N)NC(C)CCCC(C)C)cc1OC. The Bertz CT molecular complexity index is 548. The maximum atomic E-state index is 6.02. The summed E-state index contributed by atoms with van der Waals surface area (Å²) in [4.78, 5) is 4.44. The molecule has 6 heteroatoms. The molecule has 3 N–H and O–H groups in total. The Morgan fingerprint density at radius 3 is 2.23 bits per heavy atom. The van der Waals surface area contributed by atoms with Crippen molar-refractivity contribution in [2.24, 2.45) is 16.6 Å². The smallest absolute Gasteiger partial charge is 0.203 e. The van der Waals surface area contributed by atoms with Crippen LogP contribution in [0.2, 0.25) is 0 Å². The standard InChI is InChI=1S/C20H35N3O3/c1-7-26-19-17(24-5)11-16(12-18(19)25-6)13-22-20(21)23-15(4)10-8-9-14(2)3/h11-12,14-15H,7-10,13H2,1-6H3,(H3,21,22,23). The van der Waals surface area contributed by atoms with Crippen LogP contribution in [0, 0.1) is 5.92 Å². The highest BCUT2D eigenvalue weighted by molar-refractivity contribution is 5.78. The minimum absolute atomic E-state index is 0.307. The normalized spacial score (nSPS) is 12.8. The number of nitrogens with zero attached hydrogens (tertiary/aromatic N) is 1. The van der Waals surface area contributed by atoms with Crippen LogP contribution in [0.15, 0.2) is 17.1 Å². The summed E-state index contributed by atoms with van der Waals surface area (Å²) in [6.45, 7) is 9.52. The van der Waals surface area contributed by atoms with Gasteiger partial charge < -0.3 is 25.3 Å². The Kier molecular flexibility index (Phi) is 9.70. The van der Waals surface area contributed by atoms with E-state index in [9.17, 15) is 0 Å². The van der Waals surface area contributed by atoms with Gasteiger partial charge in [0.1, 0.15) is 0 Å². The first kappa shape index (κ1) is 21.9. The summed E-state index contributed by atoms with van der Waals surface area (Å²) in [5.74, 6) is 3.05. The van der Waals surface area contributed by atoms with Gasteiger partial charge in [0, 0.05) is 6.04 Å². The van der Waals surface area contributed by atoms with E-state index in [1.807, 2.05) is 19.1 Å². The van der Waals surface area contributed by atoms with Crippen molar-refractivity contribution in [3.8, 4) is 17.2 Å². The molecule has 0 aliphatic heterocycles. The Morgan fingerprint density at radius 1 is 1.12 bits per heavy atom. The summed E-state index contributed by atoms with van der Waals surface area (Å²) >= 11 is 0. The monoisotopic (exact) mass is 365 g/mol. The molecule has 26 heavy (non-hydrogen) atoms. The molecule has 0 aromatic heterocycles. The molecule has 1 aromatic carbocycles. The Morgan fingerprint density at radius 2 is 1.73 bits per heavy atom. The molecule has 1 aromatic rings. The summed E-state index contributed by atoms with van der Waals surface area (Å²) in [6, 6.07) is 4.11. The van der Waals surface area contributed by atoms with Gasteiger partial charge in [-0.25, -0.2) is 4.99 Å². The van der Waals surface area contributed by atoms with Crippen LogP contribution in [0.5, 0.6) is 17.2 Å². The summed E-state index contributed by atoms with van der Waals surface area (Å²) < 4.78 is 16.4. The Hall–Kier alpha value is -2.11. The highest BCUT2D eigenvalue weighted by atomic mass is 16.5. The Balaban J connectivity index is 2.71. The van der Waals surface area contributed by atoms with Gasteiger partial charge in [0.15, 0.2) is 17.5 Å². The predicted octanol–water partition coefficient (Wildman–Crippen LogP) is 3.72. The summed E-state index contributed by atoms with van der Waals surface area (Å²) in [5.41, 5.74) is 6.97. The molecule has 0 aliphatic carbocycles. The van der Waals surface area contributed by atoms with Crippen LogP contribution in [0.25, 0.3) is 0 Å². The molecule has 0 heterocycles. The fourth-order valence-corrected chi connectivity index (χ4v) is 2.69. The summed E-state index contributed by atoms with van der Waals surface area (Å²) in [6.07, 6.45) is 3.50. The molecule has 0 fully saturated rings. The van der Waals surface area contributed by atoms with Crippen molar-refractivity contribution in [1.29, 1.82) is 0 Å². The van der Waals surface area contributed by atoms with Gasteiger partial charge in [0.05, 0.1) is 27.4 Å². The van der Waals surface area contributed by atoms with Crippen LogP contribution in [-0.2, 0) is 6.54 Å². The number of benzene rings is 1. The molecular formula is C20H35N3O3. The van der Waals surface area contributed by atoms with Crippen LogP contribution in [0.4, 0.5) is 0 Å². The number of rotatable bonds is 11. The highest BCUT2D eigenvalue weighted by Crippen LogP contribution is 2.38. The molecule has 0 saturated carbocycles. The van der Waals surface area contributed by atoms with Crippen molar-refractivity contribution in [2.45, 2.75) is 59.5 Å². The molecule has 0 saturated heterocycles. The van der Waals surface area contributed by atoms with Crippen molar-refractivity contribution < 1.29 is 14.2 Å². The van der Waals surface area contributed by atoms with E-state index in [1.165, 1.54) is 12.8 Å². The molecule has 0 bridgehead atoms. The number of nitrogens with two attached hydrogens (primary N) is 1. The predicted molar refractivity (Wildman–Crippen MR) is 107 cm³/mol. The number of methoxy groups -OCH3 is 2. The lowest BCUT2D eigenvalue weighted by atomic mass is 10.0. The van der Waals surface area contributed by atoms with Gasteiger partial charge in [-0.3, -0.25) is 0 Å². The molecule has 1 unspecified atom stereocenters. The molecule has 1 rings (SSSR count). The first-order valence-electron chi connectivity index (χ1n) is 9.35. The van der Waals surface area contributed by atoms with Gasteiger partial charge in [-0.05, 0) is 43.9 Å². The molecule has 0 spiro atoms. The average molecular weight is 366 g/mol. The van der Waals surface area contributed by atoms with E-state index < -0.39 is 0 Å². The first-order valence-corrected chi connectivity index (χ1v) is 9.35. The first-order chi connectivity index (χ1) is 12.4. The number of hydrogen-bond acceptors (Lipinski definition) is 4. The summed E-state index contributed by atoms with van der Waals surface area (Å²) in [7, 11) is 3.22. The van der Waals surface area contributed by atoms with Gasteiger partial charge in [-0.1, -0.05) is 26.7 Å². The van der Waals surface area contributed by atoms with E-state index in [0.717, 1.165) is 17.9 Å². The molecule has 0 radical (unpaired) electrons. The second kappa shape index (κ2) is 11.5. The van der Waals surface area contributed by atoms with E-state index in [0.29, 0.717) is 42.4 Å². The van der Waals surface area contributed by atoms with Crippen molar-refractivity contribution >= 4 is 5.96 Å². The van der Waals surface area contributed by atoms with Gasteiger partial charge in [0.25, 0.3) is 0 Å². The van der Waals surface area contributed by atoms with Crippen LogP contribution in [-0.4, -0.2) is 32.8 Å². The topological polar surface area (TPSA) is 78.1 Å². The second-order valence-corrected chi connectivity index (χ2v) is 6.83. The lowest BCUT2D eigenvalue weighted by molar-refractivity contribution is 0.288. The van der Waals surface area contributed by atoms with E-state index >= 15 is 0 Å². The van der Waals surface area contributed by atoms with Gasteiger partial charge in [0.2, 0.25) is 5.75 Å². The second-order valence-electron chi connectivity index (χ2n) is 6.83. The molecule has 0 aliphatic rings. The quantitative estimate of drug-likeness (QED) is 0.461. The minimum atomic E-state index is 0.307. The highest BCUT2D eigenvalue weighted by Gasteiger charge is 2.13. The van der Waals surface area contributed by atoms with Crippen molar-refractivity contribution in [3.05, 3.63) is 17.7 Å². The van der Waals surface area contributed by atoms with E-state index in [2.05, 4.69) is 31.1 Å². The molecular weight excluding hydrogens is 330 g/mol. The largest absolute Gasteiger partial charge is 0.493 e.